The van der Waals surface area contributed by atoms with Crippen LogP contribution in [0.15, 0.2) is 12.3 Å². The second-order valence-electron chi connectivity index (χ2n) is 2.95. The van der Waals surface area contributed by atoms with Gasteiger partial charge in [-0.3, -0.25) is 4.79 Å². The van der Waals surface area contributed by atoms with Crippen LogP contribution in [-0.4, -0.2) is 17.4 Å². The molecule has 0 saturated heterocycles. The lowest BCUT2D eigenvalue weighted by Gasteiger charge is -2.06. The molecule has 3 nitrogen and oxygen atoms in total. The predicted molar refractivity (Wildman–Crippen MR) is 56.0 cm³/mol. The predicted octanol–water partition coefficient (Wildman–Crippen LogP) is 2.04. The Labute approximate surface area is 89.6 Å². The molecule has 13 heavy (non-hydrogen) atoms. The lowest BCUT2D eigenvalue weighted by atomic mass is 10.3. The highest BCUT2D eigenvalue weighted by Crippen LogP contribution is 2.29. The average molecular weight is 289 g/mol. The molecule has 0 atom stereocenters. The number of hydrogen-bond acceptors (Lipinski definition) is 3. The smallest absolute Gasteiger partial charge is 0.156 e. The Balaban J connectivity index is 2.30. The Kier molecular flexibility index (Phi) is 2.48. The first-order valence-corrected chi connectivity index (χ1v) is 5.15. The highest BCUT2D eigenvalue weighted by molar-refractivity contribution is 14.1. The number of carbonyl (C=O) groups excluding carboxylic acids is 1. The zero-order valence-electron chi connectivity index (χ0n) is 6.87. The van der Waals surface area contributed by atoms with Gasteiger partial charge in [-0.05, 0) is 41.5 Å². The van der Waals surface area contributed by atoms with Crippen molar-refractivity contribution in [1.29, 1.82) is 0 Å². The SMILES string of the molecule is O=Cc1c(OC2CC2)ccnc1I. The number of hydrogen-bond donors (Lipinski definition) is 0. The van der Waals surface area contributed by atoms with Gasteiger partial charge in [0, 0.05) is 6.20 Å². The largest absolute Gasteiger partial charge is 0.490 e. The molecule has 4 heteroatoms. The highest BCUT2D eigenvalue weighted by atomic mass is 127. The molecule has 1 saturated carbocycles. The summed E-state index contributed by atoms with van der Waals surface area (Å²) in [5.41, 5.74) is 0.565. The number of aldehydes is 1. The Morgan fingerprint density at radius 3 is 3.00 bits per heavy atom. The molecular weight excluding hydrogens is 281 g/mol. The molecule has 1 aliphatic carbocycles. The molecule has 1 aromatic rings. The Morgan fingerprint density at radius 2 is 2.38 bits per heavy atom. The van der Waals surface area contributed by atoms with Crippen LogP contribution in [0.2, 0.25) is 0 Å². The van der Waals surface area contributed by atoms with Gasteiger partial charge >= 0.3 is 0 Å². The summed E-state index contributed by atoms with van der Waals surface area (Å²) in [5, 5.41) is 0. The van der Waals surface area contributed by atoms with E-state index in [-0.39, 0.29) is 0 Å². The van der Waals surface area contributed by atoms with Crippen molar-refractivity contribution in [2.24, 2.45) is 0 Å². The first-order chi connectivity index (χ1) is 6.31. The Bertz CT molecular complexity index is 336. The summed E-state index contributed by atoms with van der Waals surface area (Å²) >= 11 is 2.03. The molecule has 0 spiro atoms. The minimum atomic E-state index is 0.317. The maximum absolute atomic E-state index is 10.7. The minimum Gasteiger partial charge on any atom is -0.490 e. The van der Waals surface area contributed by atoms with E-state index in [4.69, 9.17) is 4.74 Å². The highest BCUT2D eigenvalue weighted by Gasteiger charge is 2.24. The Morgan fingerprint density at radius 1 is 1.62 bits per heavy atom. The number of halogens is 1. The zero-order chi connectivity index (χ0) is 9.26. The molecule has 68 valence electrons. The van der Waals surface area contributed by atoms with E-state index in [0.717, 1.165) is 19.1 Å². The molecule has 0 aromatic carbocycles. The van der Waals surface area contributed by atoms with E-state index in [0.29, 0.717) is 21.1 Å². The molecule has 0 unspecified atom stereocenters. The molecule has 1 aromatic heterocycles. The number of pyridine rings is 1. The lowest BCUT2D eigenvalue weighted by Crippen LogP contribution is -2.01. The molecule has 1 heterocycles. The van der Waals surface area contributed by atoms with Crippen molar-refractivity contribution in [3.8, 4) is 5.75 Å². The van der Waals surface area contributed by atoms with Gasteiger partial charge in [0.05, 0.1) is 11.7 Å². The van der Waals surface area contributed by atoms with Crippen molar-refractivity contribution in [1.82, 2.24) is 4.98 Å². The van der Waals surface area contributed by atoms with Crippen molar-refractivity contribution in [2.75, 3.05) is 0 Å². The van der Waals surface area contributed by atoms with Crippen LogP contribution in [0.4, 0.5) is 0 Å². The molecular formula is C9H8INO2. The van der Waals surface area contributed by atoms with Gasteiger partial charge < -0.3 is 4.74 Å². The monoisotopic (exact) mass is 289 g/mol. The number of ether oxygens (including phenoxy) is 1. The molecule has 0 amide bonds. The van der Waals surface area contributed by atoms with E-state index >= 15 is 0 Å². The maximum atomic E-state index is 10.7. The van der Waals surface area contributed by atoms with Crippen LogP contribution in [0.1, 0.15) is 23.2 Å². The summed E-state index contributed by atoms with van der Waals surface area (Å²) in [4.78, 5) is 14.7. The van der Waals surface area contributed by atoms with Crippen LogP contribution in [0.25, 0.3) is 0 Å². The van der Waals surface area contributed by atoms with Crippen LogP contribution < -0.4 is 4.74 Å². The van der Waals surface area contributed by atoms with Crippen LogP contribution >= 0.6 is 22.6 Å². The van der Waals surface area contributed by atoms with Gasteiger partial charge in [0.2, 0.25) is 0 Å². The van der Waals surface area contributed by atoms with Gasteiger partial charge in [0.1, 0.15) is 9.45 Å². The Hall–Kier alpha value is -0.650. The van der Waals surface area contributed by atoms with E-state index in [1.165, 1.54) is 0 Å². The van der Waals surface area contributed by atoms with Crippen LogP contribution in [0, 0.1) is 3.70 Å². The molecule has 0 N–H and O–H groups in total. The first kappa shape index (κ1) is 8.93. The van der Waals surface area contributed by atoms with Gasteiger partial charge in [-0.25, -0.2) is 4.98 Å². The van der Waals surface area contributed by atoms with Gasteiger partial charge in [-0.2, -0.15) is 0 Å². The first-order valence-electron chi connectivity index (χ1n) is 4.07. The quantitative estimate of drug-likeness (QED) is 0.485. The van der Waals surface area contributed by atoms with Gasteiger partial charge in [-0.15, -0.1) is 0 Å². The van der Waals surface area contributed by atoms with Crippen LogP contribution in [-0.2, 0) is 0 Å². The number of aromatic nitrogens is 1. The summed E-state index contributed by atoms with van der Waals surface area (Å²) in [6.45, 7) is 0. The second kappa shape index (κ2) is 3.61. The zero-order valence-corrected chi connectivity index (χ0v) is 9.02. The summed E-state index contributed by atoms with van der Waals surface area (Å²) < 4.78 is 6.25. The van der Waals surface area contributed by atoms with E-state index in [2.05, 4.69) is 4.98 Å². The number of rotatable bonds is 3. The fourth-order valence-corrected chi connectivity index (χ4v) is 1.56. The molecule has 1 aliphatic rings. The van der Waals surface area contributed by atoms with Crippen LogP contribution in [0.5, 0.6) is 5.75 Å². The van der Waals surface area contributed by atoms with E-state index in [1.54, 1.807) is 12.3 Å². The van der Waals surface area contributed by atoms with Gasteiger partial charge in [-0.1, -0.05) is 0 Å². The fraction of sp³-hybridized carbons (Fsp3) is 0.333. The summed E-state index contributed by atoms with van der Waals surface area (Å²) in [5.74, 6) is 0.664. The number of nitrogens with zero attached hydrogens (tertiary/aromatic N) is 1. The maximum Gasteiger partial charge on any atom is 0.156 e. The normalized spacial score (nSPS) is 15.5. The average Bonchev–Trinajstić information content (AvgIpc) is 2.89. The molecule has 1 fully saturated rings. The van der Waals surface area contributed by atoms with Crippen molar-refractivity contribution in [3.05, 3.63) is 21.5 Å². The summed E-state index contributed by atoms with van der Waals surface area (Å²) in [6.07, 6.45) is 4.96. The third-order valence-corrected chi connectivity index (χ3v) is 2.70. The van der Waals surface area contributed by atoms with Gasteiger partial charge in [0.15, 0.2) is 6.29 Å². The number of carbonyl (C=O) groups is 1. The van der Waals surface area contributed by atoms with E-state index in [1.807, 2.05) is 22.6 Å². The third kappa shape index (κ3) is 1.99. The topological polar surface area (TPSA) is 39.2 Å². The van der Waals surface area contributed by atoms with Crippen molar-refractivity contribution in [2.45, 2.75) is 18.9 Å². The summed E-state index contributed by atoms with van der Waals surface area (Å²) in [6, 6.07) is 1.74. The van der Waals surface area contributed by atoms with Crippen molar-refractivity contribution < 1.29 is 9.53 Å². The van der Waals surface area contributed by atoms with E-state index < -0.39 is 0 Å². The minimum absolute atomic E-state index is 0.317. The standard InChI is InChI=1S/C9H8INO2/c10-9-7(5-12)8(3-4-11-9)13-6-1-2-6/h3-6H,1-2H2. The van der Waals surface area contributed by atoms with Crippen molar-refractivity contribution >= 4 is 28.9 Å². The van der Waals surface area contributed by atoms with E-state index in [9.17, 15) is 4.79 Å². The lowest BCUT2D eigenvalue weighted by molar-refractivity contribution is 0.111. The molecule has 0 bridgehead atoms. The van der Waals surface area contributed by atoms with Gasteiger partial charge in [0.25, 0.3) is 0 Å². The molecule has 0 radical (unpaired) electrons. The summed E-state index contributed by atoms with van der Waals surface area (Å²) in [7, 11) is 0. The van der Waals surface area contributed by atoms with Crippen molar-refractivity contribution in [3.63, 3.8) is 0 Å². The third-order valence-electron chi connectivity index (χ3n) is 1.84. The van der Waals surface area contributed by atoms with Crippen LogP contribution in [0.3, 0.4) is 0 Å². The molecule has 0 aliphatic heterocycles. The fourth-order valence-electron chi connectivity index (χ4n) is 1.01. The second-order valence-corrected chi connectivity index (χ2v) is 3.97. The molecule has 2 rings (SSSR count).